The van der Waals surface area contributed by atoms with Crippen LogP contribution >= 0.6 is 0 Å². The van der Waals surface area contributed by atoms with Crippen LogP contribution in [0.15, 0.2) is 183 Å². The number of rotatable bonds is 4. The Morgan fingerprint density at radius 3 is 1.20 bits per heavy atom. The van der Waals surface area contributed by atoms with Crippen molar-refractivity contribution < 1.29 is 0 Å². The summed E-state index contributed by atoms with van der Waals surface area (Å²) in [6.45, 7) is 4.19. The summed E-state index contributed by atoms with van der Waals surface area (Å²) < 4.78 is 0. The first kappa shape index (κ1) is 31.2. The fraction of sp³-hybridized carbons (Fsp3) is 0.0500. The summed E-state index contributed by atoms with van der Waals surface area (Å²) in [6.07, 6.45) is 6.56. The van der Waals surface area contributed by atoms with Crippen LogP contribution in [0.5, 0.6) is 0 Å². The monoisotopic (exact) mass is 574 g/mol. The Balaban J connectivity index is 0.000000144. The third kappa shape index (κ3) is 11.3. The van der Waals surface area contributed by atoms with Gasteiger partial charge in [-0.25, -0.2) is 0 Å². The van der Waals surface area contributed by atoms with Crippen molar-refractivity contribution in [2.45, 2.75) is 13.8 Å². The van der Waals surface area contributed by atoms with Gasteiger partial charge in [0.2, 0.25) is 0 Å². The maximum atomic E-state index is 3.72. The van der Waals surface area contributed by atoms with Crippen molar-refractivity contribution in [3.05, 3.63) is 194 Å². The van der Waals surface area contributed by atoms with Gasteiger partial charge in [-0.1, -0.05) is 126 Å². The van der Waals surface area contributed by atoms with Crippen LogP contribution < -0.4 is 10.6 Å². The third-order valence-electron chi connectivity index (χ3n) is 6.37. The van der Waals surface area contributed by atoms with E-state index in [1.807, 2.05) is 78.9 Å². The van der Waals surface area contributed by atoms with E-state index in [0.29, 0.717) is 0 Å². The number of hydrogen-bond acceptors (Lipinski definition) is 4. The van der Waals surface area contributed by atoms with Gasteiger partial charge in [0.15, 0.2) is 0 Å². The van der Waals surface area contributed by atoms with Gasteiger partial charge in [-0.05, 0) is 61.7 Å². The van der Waals surface area contributed by atoms with E-state index in [1.165, 1.54) is 21.9 Å². The molecule has 0 atom stereocenters. The smallest absolute Gasteiger partial charge is 0.0463 e. The molecule has 6 aromatic carbocycles. The molecule has 4 heteroatoms. The first-order valence-electron chi connectivity index (χ1n) is 14.6. The SMILES string of the molecule is Cc1ccc(C)cc1.c1ccc(Nc2cccc3ccccc23)cc1.c1ccc(Nc2ccccc2)cc1.c1cnccn1. The van der Waals surface area contributed by atoms with Crippen LogP contribution in [0.4, 0.5) is 22.7 Å². The molecule has 0 saturated carbocycles. The molecule has 0 amide bonds. The maximum Gasteiger partial charge on any atom is 0.0463 e. The number of hydrogen-bond donors (Lipinski definition) is 2. The molecule has 0 aliphatic carbocycles. The van der Waals surface area contributed by atoms with Gasteiger partial charge >= 0.3 is 0 Å². The molecule has 4 nitrogen and oxygen atoms in total. The van der Waals surface area contributed by atoms with Crippen LogP contribution in [0.25, 0.3) is 10.8 Å². The Hall–Kier alpha value is -5.74. The molecule has 7 aromatic rings. The lowest BCUT2D eigenvalue weighted by Crippen LogP contribution is -1.90. The molecule has 0 spiro atoms. The van der Waals surface area contributed by atoms with Crippen molar-refractivity contribution in [3.8, 4) is 0 Å². The fourth-order valence-electron chi connectivity index (χ4n) is 4.11. The molecule has 0 saturated heterocycles. The van der Waals surface area contributed by atoms with Gasteiger partial charge in [0.25, 0.3) is 0 Å². The number of fused-ring (bicyclic) bond motifs is 1. The zero-order valence-electron chi connectivity index (χ0n) is 25.2. The molecule has 44 heavy (non-hydrogen) atoms. The minimum absolute atomic E-state index is 1.11. The Morgan fingerprint density at radius 1 is 0.364 bits per heavy atom. The van der Waals surface area contributed by atoms with Crippen LogP contribution in [0.1, 0.15) is 11.1 Å². The third-order valence-corrected chi connectivity index (χ3v) is 6.37. The molecule has 0 fully saturated rings. The minimum atomic E-state index is 1.11. The number of nitrogens with one attached hydrogen (secondary N) is 2. The zero-order valence-corrected chi connectivity index (χ0v) is 25.2. The number of aryl methyl sites for hydroxylation is 2. The van der Waals surface area contributed by atoms with E-state index >= 15 is 0 Å². The van der Waals surface area contributed by atoms with Crippen molar-refractivity contribution in [3.63, 3.8) is 0 Å². The molecule has 1 heterocycles. The number of nitrogens with zero attached hydrogens (tertiary/aromatic N) is 2. The largest absolute Gasteiger partial charge is 0.356 e. The summed E-state index contributed by atoms with van der Waals surface area (Å²) in [5.74, 6) is 0. The lowest BCUT2D eigenvalue weighted by atomic mass is 10.1. The quantitative estimate of drug-likeness (QED) is 0.220. The highest BCUT2D eigenvalue weighted by Gasteiger charge is 1.99. The van der Waals surface area contributed by atoms with E-state index in [0.717, 1.165) is 22.7 Å². The van der Waals surface area contributed by atoms with Gasteiger partial charge in [-0.3, -0.25) is 9.97 Å². The summed E-state index contributed by atoms with van der Waals surface area (Å²) in [6, 6.07) is 53.7. The summed E-state index contributed by atoms with van der Waals surface area (Å²) in [5, 5.41) is 9.26. The molecule has 0 aliphatic rings. The Bertz CT molecular complexity index is 1650. The van der Waals surface area contributed by atoms with Gasteiger partial charge in [0.05, 0.1) is 0 Å². The van der Waals surface area contributed by atoms with Crippen LogP contribution in [0.3, 0.4) is 0 Å². The zero-order chi connectivity index (χ0) is 30.7. The molecule has 1 aromatic heterocycles. The maximum absolute atomic E-state index is 3.72. The molecular formula is C40H38N4. The topological polar surface area (TPSA) is 49.8 Å². The summed E-state index contributed by atoms with van der Waals surface area (Å²) in [5.41, 5.74) is 7.16. The van der Waals surface area contributed by atoms with E-state index in [2.05, 4.69) is 113 Å². The lowest BCUT2D eigenvalue weighted by molar-refractivity contribution is 1.20. The Labute approximate surface area is 261 Å². The lowest BCUT2D eigenvalue weighted by Gasteiger charge is -2.09. The molecular weight excluding hydrogens is 536 g/mol. The summed E-state index contributed by atoms with van der Waals surface area (Å²) >= 11 is 0. The van der Waals surface area contributed by atoms with E-state index in [4.69, 9.17) is 0 Å². The predicted octanol–water partition coefficient (Wildman–Crippen LogP) is 10.8. The van der Waals surface area contributed by atoms with E-state index in [1.54, 1.807) is 24.8 Å². The van der Waals surface area contributed by atoms with Gasteiger partial charge in [-0.2, -0.15) is 0 Å². The number of para-hydroxylation sites is 3. The molecule has 2 N–H and O–H groups in total. The van der Waals surface area contributed by atoms with E-state index in [9.17, 15) is 0 Å². The highest BCUT2D eigenvalue weighted by molar-refractivity contribution is 5.95. The standard InChI is InChI=1S/C16H13N.C12H11N.C8H10.C4H4N2/c1-2-9-14(10-3-1)17-16-12-6-8-13-7-4-5-11-15(13)16;1-3-7-11(8-4-1)13-12-9-5-2-6-10-12;1-7-3-5-8(2)6-4-7;1-2-6-4-3-5-1/h1-12,17H;1-10,13H;3-6H,1-2H3;1-4H. The number of benzene rings is 6. The predicted molar refractivity (Wildman–Crippen MR) is 188 cm³/mol. The molecule has 7 rings (SSSR count). The van der Waals surface area contributed by atoms with Crippen molar-refractivity contribution in [2.75, 3.05) is 10.6 Å². The van der Waals surface area contributed by atoms with E-state index < -0.39 is 0 Å². The van der Waals surface area contributed by atoms with E-state index in [-0.39, 0.29) is 0 Å². The summed E-state index contributed by atoms with van der Waals surface area (Å²) in [4.78, 5) is 7.44. The first-order chi connectivity index (χ1) is 21.7. The molecule has 0 unspecified atom stereocenters. The minimum Gasteiger partial charge on any atom is -0.356 e. The second-order valence-electron chi connectivity index (χ2n) is 9.92. The van der Waals surface area contributed by atoms with Gasteiger partial charge in [-0.15, -0.1) is 0 Å². The second kappa shape index (κ2) is 17.9. The van der Waals surface area contributed by atoms with Crippen LogP contribution in [-0.4, -0.2) is 9.97 Å². The molecule has 0 aliphatic heterocycles. The molecule has 0 radical (unpaired) electrons. The van der Waals surface area contributed by atoms with Gasteiger partial charge < -0.3 is 10.6 Å². The average molecular weight is 575 g/mol. The second-order valence-corrected chi connectivity index (χ2v) is 9.92. The Kier molecular flexibility index (Phi) is 12.7. The molecule has 218 valence electrons. The van der Waals surface area contributed by atoms with Crippen LogP contribution in [-0.2, 0) is 0 Å². The van der Waals surface area contributed by atoms with Gasteiger partial charge in [0.1, 0.15) is 0 Å². The van der Waals surface area contributed by atoms with Crippen molar-refractivity contribution in [2.24, 2.45) is 0 Å². The fourth-order valence-corrected chi connectivity index (χ4v) is 4.11. The van der Waals surface area contributed by atoms with Crippen molar-refractivity contribution in [1.82, 2.24) is 9.97 Å². The number of anilines is 4. The highest BCUT2D eigenvalue weighted by atomic mass is 14.9. The van der Waals surface area contributed by atoms with Crippen molar-refractivity contribution in [1.29, 1.82) is 0 Å². The Morgan fingerprint density at radius 2 is 0.750 bits per heavy atom. The summed E-state index contributed by atoms with van der Waals surface area (Å²) in [7, 11) is 0. The molecule has 0 bridgehead atoms. The first-order valence-corrected chi connectivity index (χ1v) is 14.6. The van der Waals surface area contributed by atoms with Crippen LogP contribution in [0, 0.1) is 13.8 Å². The van der Waals surface area contributed by atoms with Crippen LogP contribution in [0.2, 0.25) is 0 Å². The van der Waals surface area contributed by atoms with Crippen molar-refractivity contribution >= 4 is 33.5 Å². The normalized spacial score (nSPS) is 9.59. The number of aromatic nitrogens is 2. The van der Waals surface area contributed by atoms with Gasteiger partial charge in [0, 0.05) is 52.9 Å². The average Bonchev–Trinajstić information content (AvgIpc) is 3.09. The highest BCUT2D eigenvalue weighted by Crippen LogP contribution is 2.26.